The van der Waals surface area contributed by atoms with E-state index in [9.17, 15) is 27.9 Å². The molecule has 1 aromatic carbocycles. The van der Waals surface area contributed by atoms with Gasteiger partial charge in [-0.05, 0) is 36.8 Å². The molecule has 180 valence electrons. The highest BCUT2D eigenvalue weighted by atomic mass is 32.2. The normalized spacial score (nSPS) is 11.6. The Morgan fingerprint density at radius 2 is 1.81 bits per heavy atom. The molecular weight excluding hydrogens is 440 g/mol. The Morgan fingerprint density at radius 3 is 2.41 bits per heavy atom. The largest absolute Gasteiger partial charge is 0.478 e. The van der Waals surface area contributed by atoms with E-state index in [1.54, 1.807) is 20.8 Å². The quantitative estimate of drug-likeness (QED) is 0.293. The second-order valence-electron chi connectivity index (χ2n) is 8.03. The van der Waals surface area contributed by atoms with Gasteiger partial charge in [0.05, 0.1) is 17.9 Å². The maximum Gasteiger partial charge on any atom is 0.412 e. The van der Waals surface area contributed by atoms with Crippen LogP contribution in [0.25, 0.3) is 0 Å². The van der Waals surface area contributed by atoms with Gasteiger partial charge in [0.15, 0.2) is 0 Å². The predicted octanol–water partition coefficient (Wildman–Crippen LogP) is 2.32. The molecule has 0 fully saturated rings. The van der Waals surface area contributed by atoms with Crippen molar-refractivity contribution in [2.45, 2.75) is 47.0 Å². The minimum atomic E-state index is -3.72. The van der Waals surface area contributed by atoms with E-state index in [0.717, 1.165) is 0 Å². The molecule has 0 saturated heterocycles. The summed E-state index contributed by atoms with van der Waals surface area (Å²) >= 11 is 0. The summed E-state index contributed by atoms with van der Waals surface area (Å²) in [7, 11) is -3.72. The van der Waals surface area contributed by atoms with Crippen molar-refractivity contribution in [2.24, 2.45) is 5.41 Å². The van der Waals surface area contributed by atoms with Crippen LogP contribution in [0.5, 0.6) is 5.75 Å². The Balaban J connectivity index is 2.48. The SMILES string of the molecule is CCc1c(OC(=O)NCCC(C)(C)COS(=O)(=O)CCCNC(C)=O)cccc1C(=O)O. The molecule has 1 rings (SSSR count). The Labute approximate surface area is 188 Å². The van der Waals surface area contributed by atoms with Crippen LogP contribution in [0.15, 0.2) is 18.2 Å². The van der Waals surface area contributed by atoms with Crippen molar-refractivity contribution in [3.05, 3.63) is 29.3 Å². The number of hydrogen-bond acceptors (Lipinski definition) is 7. The zero-order chi connectivity index (χ0) is 24.4. The van der Waals surface area contributed by atoms with E-state index in [1.807, 2.05) is 0 Å². The number of amides is 2. The lowest BCUT2D eigenvalue weighted by molar-refractivity contribution is -0.118. The van der Waals surface area contributed by atoms with Gasteiger partial charge in [0.25, 0.3) is 10.1 Å². The van der Waals surface area contributed by atoms with E-state index in [4.69, 9.17) is 8.92 Å². The molecule has 0 heterocycles. The summed E-state index contributed by atoms with van der Waals surface area (Å²) in [5, 5.41) is 14.4. The first-order chi connectivity index (χ1) is 14.9. The Kier molecular flexibility index (Phi) is 10.6. The Morgan fingerprint density at radius 1 is 1.12 bits per heavy atom. The van der Waals surface area contributed by atoms with Gasteiger partial charge in [0.1, 0.15) is 5.75 Å². The summed E-state index contributed by atoms with van der Waals surface area (Å²) < 4.78 is 34.3. The van der Waals surface area contributed by atoms with E-state index in [-0.39, 0.29) is 49.1 Å². The van der Waals surface area contributed by atoms with Crippen LogP contribution in [-0.4, -0.2) is 56.9 Å². The lowest BCUT2D eigenvalue weighted by Crippen LogP contribution is -2.33. The molecule has 2 amide bonds. The topological polar surface area (TPSA) is 148 Å². The summed E-state index contributed by atoms with van der Waals surface area (Å²) in [5.41, 5.74) is -0.0440. The number of hydrogen-bond donors (Lipinski definition) is 3. The first-order valence-electron chi connectivity index (χ1n) is 10.3. The maximum atomic E-state index is 12.1. The van der Waals surface area contributed by atoms with Gasteiger partial charge in [-0.15, -0.1) is 0 Å². The smallest absolute Gasteiger partial charge is 0.412 e. The lowest BCUT2D eigenvalue weighted by atomic mass is 9.91. The van der Waals surface area contributed by atoms with Crippen molar-refractivity contribution in [1.29, 1.82) is 0 Å². The first kappa shape index (κ1) is 27.4. The van der Waals surface area contributed by atoms with E-state index in [0.29, 0.717) is 18.4 Å². The highest BCUT2D eigenvalue weighted by molar-refractivity contribution is 7.86. The summed E-state index contributed by atoms with van der Waals surface area (Å²) in [6.07, 6.45) is 0.316. The van der Waals surface area contributed by atoms with Gasteiger partial charge in [-0.1, -0.05) is 26.8 Å². The van der Waals surface area contributed by atoms with Crippen molar-refractivity contribution in [1.82, 2.24) is 10.6 Å². The van der Waals surface area contributed by atoms with Crippen LogP contribution in [0, 0.1) is 5.41 Å². The zero-order valence-electron chi connectivity index (χ0n) is 18.9. The number of carboxylic acids is 1. The predicted molar refractivity (Wildman–Crippen MR) is 118 cm³/mol. The van der Waals surface area contributed by atoms with Gasteiger partial charge in [0.2, 0.25) is 5.91 Å². The fourth-order valence-electron chi connectivity index (χ4n) is 2.76. The van der Waals surface area contributed by atoms with Crippen LogP contribution in [0.3, 0.4) is 0 Å². The highest BCUT2D eigenvalue weighted by Crippen LogP contribution is 2.24. The number of carbonyl (C=O) groups excluding carboxylic acids is 2. The summed E-state index contributed by atoms with van der Waals surface area (Å²) in [4.78, 5) is 34.2. The lowest BCUT2D eigenvalue weighted by Gasteiger charge is -2.24. The van der Waals surface area contributed by atoms with Crippen LogP contribution in [0.2, 0.25) is 0 Å². The summed E-state index contributed by atoms with van der Waals surface area (Å²) in [5.74, 6) is -1.35. The van der Waals surface area contributed by atoms with Crippen LogP contribution >= 0.6 is 0 Å². The van der Waals surface area contributed by atoms with Gasteiger partial charge in [-0.3, -0.25) is 8.98 Å². The molecule has 10 nitrogen and oxygen atoms in total. The number of nitrogens with one attached hydrogen (secondary N) is 2. The number of ether oxygens (including phenoxy) is 1. The molecule has 0 saturated carbocycles. The first-order valence-corrected chi connectivity index (χ1v) is 11.9. The van der Waals surface area contributed by atoms with E-state index in [2.05, 4.69) is 10.6 Å². The summed E-state index contributed by atoms with van der Waals surface area (Å²) in [6.45, 7) is 7.13. The standard InChI is InChI=1S/C21H32N2O8S/c1-5-16-17(19(25)26)8-6-9-18(16)31-20(27)23-12-10-21(3,4)14-30-32(28,29)13-7-11-22-15(2)24/h6,8-9H,5,7,10-14H2,1-4H3,(H,22,24)(H,23,27)(H,25,26). The van der Waals surface area contributed by atoms with E-state index in [1.165, 1.54) is 25.1 Å². The minimum absolute atomic E-state index is 0.0627. The average Bonchev–Trinajstić information content (AvgIpc) is 2.69. The Hall–Kier alpha value is -2.66. The molecular formula is C21H32N2O8S. The average molecular weight is 473 g/mol. The molecule has 3 N–H and O–H groups in total. The highest BCUT2D eigenvalue weighted by Gasteiger charge is 2.23. The molecule has 1 aromatic rings. The summed E-state index contributed by atoms with van der Waals surface area (Å²) in [6, 6.07) is 4.48. The third-order valence-corrected chi connectivity index (χ3v) is 5.83. The Bertz CT molecular complexity index is 912. The molecule has 0 spiro atoms. The fourth-order valence-corrected chi connectivity index (χ4v) is 3.87. The second-order valence-corrected chi connectivity index (χ2v) is 9.79. The van der Waals surface area contributed by atoms with E-state index >= 15 is 0 Å². The fraction of sp³-hybridized carbons (Fsp3) is 0.571. The number of aromatic carboxylic acids is 1. The molecule has 0 aliphatic heterocycles. The van der Waals surface area contributed by atoms with Crippen LogP contribution in [-0.2, 0) is 25.5 Å². The molecule has 0 radical (unpaired) electrons. The molecule has 32 heavy (non-hydrogen) atoms. The number of benzene rings is 1. The minimum Gasteiger partial charge on any atom is -0.478 e. The second kappa shape index (κ2) is 12.4. The van der Waals surface area contributed by atoms with Gasteiger partial charge >= 0.3 is 12.1 Å². The van der Waals surface area contributed by atoms with Crippen LogP contribution in [0.1, 0.15) is 56.5 Å². The monoisotopic (exact) mass is 472 g/mol. The van der Waals surface area contributed by atoms with Crippen LogP contribution in [0.4, 0.5) is 4.79 Å². The molecule has 0 aliphatic carbocycles. The molecule has 0 aromatic heterocycles. The maximum absolute atomic E-state index is 12.1. The third kappa shape index (κ3) is 10.1. The number of carbonyl (C=O) groups is 3. The van der Waals surface area contributed by atoms with Crippen molar-refractivity contribution in [3.8, 4) is 5.75 Å². The third-order valence-electron chi connectivity index (χ3n) is 4.57. The van der Waals surface area contributed by atoms with Crippen LogP contribution < -0.4 is 15.4 Å². The molecule has 0 aliphatic rings. The zero-order valence-corrected chi connectivity index (χ0v) is 19.7. The van der Waals surface area contributed by atoms with Crippen molar-refractivity contribution in [3.63, 3.8) is 0 Å². The van der Waals surface area contributed by atoms with Crippen molar-refractivity contribution >= 4 is 28.1 Å². The van der Waals surface area contributed by atoms with Gasteiger partial charge in [0, 0.05) is 25.6 Å². The molecule has 0 atom stereocenters. The molecule has 0 bridgehead atoms. The van der Waals surface area contributed by atoms with Gasteiger partial charge in [-0.25, -0.2) is 9.59 Å². The molecule has 11 heteroatoms. The molecule has 0 unspecified atom stereocenters. The van der Waals surface area contributed by atoms with Gasteiger partial charge < -0.3 is 20.5 Å². The number of rotatable bonds is 13. The van der Waals surface area contributed by atoms with Crippen molar-refractivity contribution in [2.75, 3.05) is 25.4 Å². The van der Waals surface area contributed by atoms with Gasteiger partial charge in [-0.2, -0.15) is 8.42 Å². The van der Waals surface area contributed by atoms with Crippen molar-refractivity contribution < 1.29 is 36.8 Å². The number of carboxylic acid groups (broad SMARTS) is 1. The van der Waals surface area contributed by atoms with E-state index < -0.39 is 27.6 Å².